The van der Waals surface area contributed by atoms with E-state index in [1.807, 2.05) is 18.2 Å². The molecule has 2 aromatic rings. The molecule has 1 aliphatic rings. The fourth-order valence-electron chi connectivity index (χ4n) is 3.35. The van der Waals surface area contributed by atoms with Gasteiger partial charge in [-0.3, -0.25) is 4.79 Å². The molecule has 150 valence electrons. The number of benzene rings is 2. The topological polar surface area (TPSA) is 80.2 Å². The van der Waals surface area contributed by atoms with E-state index in [4.69, 9.17) is 4.74 Å². The molecule has 2 aromatic carbocycles. The Bertz CT molecular complexity index is 921. The summed E-state index contributed by atoms with van der Waals surface area (Å²) >= 11 is 0. The highest BCUT2D eigenvalue weighted by Crippen LogP contribution is 2.18. The van der Waals surface area contributed by atoms with Crippen LogP contribution in [0.5, 0.6) is 5.75 Å². The van der Waals surface area contributed by atoms with Crippen LogP contribution in [0.3, 0.4) is 0 Å². The third-order valence-corrected chi connectivity index (χ3v) is 6.74. The Morgan fingerprint density at radius 1 is 1.14 bits per heavy atom. The lowest BCUT2D eigenvalue weighted by molar-refractivity contribution is -0.917. The first-order valence-electron chi connectivity index (χ1n) is 9.23. The van der Waals surface area contributed by atoms with Crippen LogP contribution in [-0.4, -0.2) is 51.9 Å². The van der Waals surface area contributed by atoms with Crippen LogP contribution >= 0.6 is 0 Å². The van der Waals surface area contributed by atoms with Crippen molar-refractivity contribution in [3.8, 4) is 5.75 Å². The maximum atomic E-state index is 12.9. The van der Waals surface area contributed by atoms with E-state index in [2.05, 4.69) is 11.4 Å². The molecule has 0 spiro atoms. The summed E-state index contributed by atoms with van der Waals surface area (Å²) in [5.41, 5.74) is 1.76. The normalized spacial score (nSPS) is 15.9. The minimum absolute atomic E-state index is 0.189. The summed E-state index contributed by atoms with van der Waals surface area (Å²) in [6.45, 7) is 4.72. The molecule has 8 heteroatoms. The molecule has 0 aromatic heterocycles. The molecule has 28 heavy (non-hydrogen) atoms. The number of hydrogen-bond donors (Lipinski definition) is 2. The van der Waals surface area contributed by atoms with E-state index in [-0.39, 0.29) is 10.8 Å². The Hall–Kier alpha value is -2.42. The van der Waals surface area contributed by atoms with Crippen LogP contribution in [0, 0.1) is 0 Å². The first-order valence-corrected chi connectivity index (χ1v) is 10.7. The molecule has 0 saturated carbocycles. The van der Waals surface area contributed by atoms with Crippen LogP contribution in [0.4, 0.5) is 5.69 Å². The Balaban J connectivity index is 1.60. The van der Waals surface area contributed by atoms with Gasteiger partial charge in [-0.15, -0.1) is 0 Å². The van der Waals surface area contributed by atoms with Gasteiger partial charge in [-0.25, -0.2) is 8.42 Å². The van der Waals surface area contributed by atoms with Crippen molar-refractivity contribution in [2.45, 2.75) is 18.4 Å². The summed E-state index contributed by atoms with van der Waals surface area (Å²) in [5, 5.41) is 2.64. The standard InChI is InChI=1S/C20H25N3O4S/c1-16(24)21-18-6-8-20(9-7-18)28(25,26)23-12-10-22(11-13-23)15-17-4-3-5-19(14-17)27-2/h3-9,14H,10-13,15H2,1-2H3,(H,21,24)/p+1. The lowest BCUT2D eigenvalue weighted by Gasteiger charge is -2.31. The van der Waals surface area contributed by atoms with Crippen molar-refractivity contribution in [3.05, 3.63) is 54.1 Å². The molecular weight excluding hydrogens is 378 g/mol. The van der Waals surface area contributed by atoms with Gasteiger partial charge in [0.15, 0.2) is 0 Å². The number of nitrogens with one attached hydrogen (secondary N) is 2. The van der Waals surface area contributed by atoms with Gasteiger partial charge < -0.3 is 15.0 Å². The van der Waals surface area contributed by atoms with E-state index in [1.54, 1.807) is 19.2 Å². The fraction of sp³-hybridized carbons (Fsp3) is 0.350. The van der Waals surface area contributed by atoms with Gasteiger partial charge in [-0.2, -0.15) is 4.31 Å². The zero-order valence-electron chi connectivity index (χ0n) is 16.1. The first-order chi connectivity index (χ1) is 13.4. The maximum Gasteiger partial charge on any atom is 0.243 e. The Kier molecular flexibility index (Phi) is 6.33. The quantitative estimate of drug-likeness (QED) is 0.744. The number of hydrogen-bond acceptors (Lipinski definition) is 4. The number of rotatable bonds is 6. The number of nitrogens with zero attached hydrogens (tertiary/aromatic N) is 1. The molecule has 1 amide bonds. The zero-order chi connectivity index (χ0) is 20.1. The molecule has 0 aliphatic carbocycles. The van der Waals surface area contributed by atoms with Crippen molar-refractivity contribution in [3.63, 3.8) is 0 Å². The Morgan fingerprint density at radius 3 is 2.43 bits per heavy atom. The third kappa shape index (κ3) is 4.89. The van der Waals surface area contributed by atoms with Crippen LogP contribution in [-0.2, 0) is 21.4 Å². The number of carbonyl (C=O) groups is 1. The monoisotopic (exact) mass is 404 g/mol. The number of methoxy groups -OCH3 is 1. The molecule has 1 fully saturated rings. The number of amides is 1. The van der Waals surface area contributed by atoms with Gasteiger partial charge in [-0.1, -0.05) is 12.1 Å². The summed E-state index contributed by atoms with van der Waals surface area (Å²) < 4.78 is 32.6. The van der Waals surface area contributed by atoms with Gasteiger partial charge in [0.1, 0.15) is 12.3 Å². The molecule has 2 N–H and O–H groups in total. The Morgan fingerprint density at radius 2 is 1.82 bits per heavy atom. The largest absolute Gasteiger partial charge is 0.497 e. The summed E-state index contributed by atoms with van der Waals surface area (Å²) in [6.07, 6.45) is 0. The van der Waals surface area contributed by atoms with Gasteiger partial charge in [0.2, 0.25) is 15.9 Å². The van der Waals surface area contributed by atoms with E-state index in [9.17, 15) is 13.2 Å². The highest BCUT2D eigenvalue weighted by atomic mass is 32.2. The van der Waals surface area contributed by atoms with Crippen LogP contribution < -0.4 is 15.0 Å². The van der Waals surface area contributed by atoms with Gasteiger partial charge in [0, 0.05) is 18.2 Å². The van der Waals surface area contributed by atoms with Crippen molar-refractivity contribution in [1.82, 2.24) is 4.31 Å². The predicted octanol–water partition coefficient (Wildman–Crippen LogP) is 0.743. The second-order valence-electron chi connectivity index (χ2n) is 6.89. The molecular formula is C20H26N3O4S+. The van der Waals surface area contributed by atoms with Gasteiger partial charge in [0.05, 0.1) is 38.2 Å². The van der Waals surface area contributed by atoms with Crippen molar-refractivity contribution in [2.24, 2.45) is 0 Å². The molecule has 0 radical (unpaired) electrons. The minimum Gasteiger partial charge on any atom is -0.497 e. The molecule has 0 bridgehead atoms. The highest BCUT2D eigenvalue weighted by Gasteiger charge is 2.30. The fourth-order valence-corrected chi connectivity index (χ4v) is 4.79. The lowest BCUT2D eigenvalue weighted by atomic mass is 10.2. The van der Waals surface area contributed by atoms with Crippen LogP contribution in [0.15, 0.2) is 53.4 Å². The number of carbonyl (C=O) groups excluding carboxylic acids is 1. The average Bonchev–Trinajstić information content (AvgIpc) is 2.68. The van der Waals surface area contributed by atoms with Crippen molar-refractivity contribution < 1.29 is 22.8 Å². The SMILES string of the molecule is COc1cccc(C[NH+]2CCN(S(=O)(=O)c3ccc(NC(C)=O)cc3)CC2)c1. The summed E-state index contributed by atoms with van der Waals surface area (Å²) in [4.78, 5) is 12.7. The predicted molar refractivity (Wildman–Crippen MR) is 107 cm³/mol. The summed E-state index contributed by atoms with van der Waals surface area (Å²) in [5.74, 6) is 0.645. The van der Waals surface area contributed by atoms with E-state index in [0.29, 0.717) is 18.8 Å². The maximum absolute atomic E-state index is 12.9. The number of anilines is 1. The molecule has 1 heterocycles. The van der Waals surface area contributed by atoms with E-state index < -0.39 is 10.0 Å². The molecule has 3 rings (SSSR count). The van der Waals surface area contributed by atoms with E-state index in [0.717, 1.165) is 25.4 Å². The van der Waals surface area contributed by atoms with Crippen molar-refractivity contribution in [2.75, 3.05) is 38.6 Å². The first kappa shape index (κ1) is 20.3. The molecule has 0 atom stereocenters. The molecule has 0 unspecified atom stereocenters. The van der Waals surface area contributed by atoms with E-state index in [1.165, 1.54) is 33.8 Å². The molecule has 1 aliphatic heterocycles. The van der Waals surface area contributed by atoms with Crippen molar-refractivity contribution >= 4 is 21.6 Å². The lowest BCUT2D eigenvalue weighted by Crippen LogP contribution is -3.13. The van der Waals surface area contributed by atoms with Crippen LogP contribution in [0.2, 0.25) is 0 Å². The van der Waals surface area contributed by atoms with E-state index >= 15 is 0 Å². The number of sulfonamides is 1. The number of ether oxygens (including phenoxy) is 1. The van der Waals surface area contributed by atoms with Gasteiger partial charge >= 0.3 is 0 Å². The Labute approximate surface area is 166 Å². The van der Waals surface area contributed by atoms with Crippen LogP contribution in [0.25, 0.3) is 0 Å². The van der Waals surface area contributed by atoms with Crippen LogP contribution in [0.1, 0.15) is 12.5 Å². The minimum atomic E-state index is -3.53. The summed E-state index contributed by atoms with van der Waals surface area (Å²) in [6, 6.07) is 14.3. The third-order valence-electron chi connectivity index (χ3n) is 4.83. The zero-order valence-corrected chi connectivity index (χ0v) is 17.0. The van der Waals surface area contributed by atoms with Gasteiger partial charge in [0.25, 0.3) is 0 Å². The number of piperazine rings is 1. The average molecular weight is 405 g/mol. The van der Waals surface area contributed by atoms with Crippen molar-refractivity contribution in [1.29, 1.82) is 0 Å². The molecule has 7 nitrogen and oxygen atoms in total. The highest BCUT2D eigenvalue weighted by molar-refractivity contribution is 7.89. The second kappa shape index (κ2) is 8.72. The smallest absolute Gasteiger partial charge is 0.243 e. The number of quaternary nitrogens is 1. The summed E-state index contributed by atoms with van der Waals surface area (Å²) in [7, 11) is -1.88. The van der Waals surface area contributed by atoms with Gasteiger partial charge in [-0.05, 0) is 36.4 Å². The molecule has 1 saturated heterocycles. The second-order valence-corrected chi connectivity index (χ2v) is 8.83.